The number of ether oxygens (including phenoxy) is 2. The Morgan fingerprint density at radius 3 is 2.29 bits per heavy atom. The Balaban J connectivity index is 1.47. The number of nitrogens with zero attached hydrogens (tertiary/aromatic N) is 4. The molecule has 6 rings (SSSR count). The molecule has 0 spiro atoms. The first-order chi connectivity index (χ1) is 16.6. The van der Waals surface area contributed by atoms with Gasteiger partial charge in [0.05, 0.1) is 42.0 Å². The zero-order chi connectivity index (χ0) is 23.4. The molecule has 3 heterocycles. The van der Waals surface area contributed by atoms with Crippen LogP contribution in [0.5, 0.6) is 11.5 Å². The molecule has 0 unspecified atom stereocenters. The van der Waals surface area contributed by atoms with E-state index in [4.69, 9.17) is 19.4 Å². The first kappa shape index (κ1) is 20.2. The van der Waals surface area contributed by atoms with Gasteiger partial charge in [-0.2, -0.15) is 0 Å². The SMILES string of the molecule is COc1ccc2c(c1)C(=O)C(=O)N2CCn1c2ccc(OC)cc2c2nc3ccccc3nc21. The summed E-state index contributed by atoms with van der Waals surface area (Å²) in [6.45, 7) is 0.743. The summed E-state index contributed by atoms with van der Waals surface area (Å²) in [5, 5.41) is 0.918. The summed E-state index contributed by atoms with van der Waals surface area (Å²) in [5.74, 6) is 0.207. The summed E-state index contributed by atoms with van der Waals surface area (Å²) in [6.07, 6.45) is 0. The molecule has 3 aromatic carbocycles. The van der Waals surface area contributed by atoms with Gasteiger partial charge in [0.2, 0.25) is 0 Å². The molecule has 0 fully saturated rings. The number of carbonyl (C=O) groups is 2. The Hall–Kier alpha value is -4.46. The van der Waals surface area contributed by atoms with E-state index in [1.165, 1.54) is 12.0 Å². The van der Waals surface area contributed by atoms with Crippen molar-refractivity contribution in [2.75, 3.05) is 25.7 Å². The molecule has 5 aromatic rings. The van der Waals surface area contributed by atoms with Crippen molar-refractivity contribution < 1.29 is 19.1 Å². The number of anilines is 1. The summed E-state index contributed by atoms with van der Waals surface area (Å²) >= 11 is 0. The van der Waals surface area contributed by atoms with E-state index in [-0.39, 0.29) is 0 Å². The summed E-state index contributed by atoms with van der Waals surface area (Å²) < 4.78 is 12.7. The maximum atomic E-state index is 12.8. The number of rotatable bonds is 5. The van der Waals surface area contributed by atoms with E-state index in [9.17, 15) is 9.59 Å². The fourth-order valence-electron chi connectivity index (χ4n) is 4.60. The lowest BCUT2D eigenvalue weighted by molar-refractivity contribution is -0.114. The Kier molecular flexibility index (Phi) is 4.48. The van der Waals surface area contributed by atoms with Gasteiger partial charge in [-0.15, -0.1) is 0 Å². The van der Waals surface area contributed by atoms with Crippen molar-refractivity contribution in [2.24, 2.45) is 0 Å². The number of Topliss-reactive ketones (excluding diaryl/α,β-unsaturated/α-hetero) is 1. The normalized spacial score (nSPS) is 13.3. The van der Waals surface area contributed by atoms with Crippen LogP contribution in [-0.2, 0) is 11.3 Å². The van der Waals surface area contributed by atoms with E-state index in [0.717, 1.165) is 38.8 Å². The van der Waals surface area contributed by atoms with Gasteiger partial charge < -0.3 is 18.9 Å². The maximum absolute atomic E-state index is 12.8. The number of hydrogen-bond donors (Lipinski definition) is 0. The third-order valence-electron chi connectivity index (χ3n) is 6.28. The van der Waals surface area contributed by atoms with Crippen LogP contribution in [0.3, 0.4) is 0 Å². The van der Waals surface area contributed by atoms with E-state index in [2.05, 4.69) is 0 Å². The van der Waals surface area contributed by atoms with Gasteiger partial charge in [0.1, 0.15) is 17.0 Å². The lowest BCUT2D eigenvalue weighted by Crippen LogP contribution is -2.32. The van der Waals surface area contributed by atoms with Crippen LogP contribution in [0.4, 0.5) is 5.69 Å². The van der Waals surface area contributed by atoms with Crippen LogP contribution in [0.25, 0.3) is 33.1 Å². The topological polar surface area (TPSA) is 86.6 Å². The number of carbonyl (C=O) groups excluding carboxylic acids is 2. The highest BCUT2D eigenvalue weighted by Crippen LogP contribution is 2.34. The van der Waals surface area contributed by atoms with Crippen molar-refractivity contribution in [2.45, 2.75) is 6.54 Å². The average molecular weight is 452 g/mol. The summed E-state index contributed by atoms with van der Waals surface area (Å²) in [4.78, 5) is 36.7. The number of ketones is 1. The number of benzene rings is 3. The predicted molar refractivity (Wildman–Crippen MR) is 129 cm³/mol. The predicted octanol–water partition coefficient (Wildman–Crippen LogP) is 3.98. The van der Waals surface area contributed by atoms with Crippen molar-refractivity contribution >= 4 is 50.5 Å². The smallest absolute Gasteiger partial charge is 0.299 e. The molecule has 0 aliphatic carbocycles. The van der Waals surface area contributed by atoms with Gasteiger partial charge in [-0.3, -0.25) is 9.59 Å². The van der Waals surface area contributed by atoms with Gasteiger partial charge in [-0.05, 0) is 48.5 Å². The molecule has 34 heavy (non-hydrogen) atoms. The van der Waals surface area contributed by atoms with Gasteiger partial charge in [-0.25, -0.2) is 9.97 Å². The first-order valence-electron chi connectivity index (χ1n) is 10.9. The monoisotopic (exact) mass is 452 g/mol. The van der Waals surface area contributed by atoms with Crippen LogP contribution >= 0.6 is 0 Å². The summed E-state index contributed by atoms with van der Waals surface area (Å²) in [5.41, 5.74) is 4.96. The largest absolute Gasteiger partial charge is 0.497 e. The fourth-order valence-corrected chi connectivity index (χ4v) is 4.60. The van der Waals surface area contributed by atoms with Crippen LogP contribution in [0.2, 0.25) is 0 Å². The van der Waals surface area contributed by atoms with Crippen molar-refractivity contribution in [1.82, 2.24) is 14.5 Å². The van der Waals surface area contributed by atoms with Crippen molar-refractivity contribution in [3.8, 4) is 11.5 Å². The molecule has 8 nitrogen and oxygen atoms in total. The van der Waals surface area contributed by atoms with E-state index in [0.29, 0.717) is 30.1 Å². The van der Waals surface area contributed by atoms with E-state index in [1.54, 1.807) is 25.3 Å². The molecule has 1 amide bonds. The first-order valence-corrected chi connectivity index (χ1v) is 10.9. The Morgan fingerprint density at radius 2 is 1.53 bits per heavy atom. The molecular formula is C26H20N4O4. The third kappa shape index (κ3) is 2.92. The molecule has 8 heteroatoms. The van der Waals surface area contributed by atoms with Crippen molar-refractivity contribution in [3.63, 3.8) is 0 Å². The minimum absolute atomic E-state index is 0.309. The van der Waals surface area contributed by atoms with Crippen LogP contribution < -0.4 is 14.4 Å². The summed E-state index contributed by atoms with van der Waals surface area (Å²) in [6, 6.07) is 18.7. The second-order valence-electron chi connectivity index (χ2n) is 8.09. The molecule has 2 aromatic heterocycles. The lowest BCUT2D eigenvalue weighted by Gasteiger charge is -2.18. The number of methoxy groups -OCH3 is 2. The minimum atomic E-state index is -0.540. The molecule has 0 radical (unpaired) electrons. The Bertz CT molecular complexity index is 1640. The number of hydrogen-bond acceptors (Lipinski definition) is 6. The molecule has 1 aliphatic heterocycles. The zero-order valence-electron chi connectivity index (χ0n) is 18.6. The molecule has 168 valence electrons. The van der Waals surface area contributed by atoms with Gasteiger partial charge in [-0.1, -0.05) is 12.1 Å². The van der Waals surface area contributed by atoms with E-state index in [1.807, 2.05) is 47.0 Å². The Labute approximate surface area is 194 Å². The van der Waals surface area contributed by atoms with Gasteiger partial charge >= 0.3 is 0 Å². The molecule has 0 saturated carbocycles. The van der Waals surface area contributed by atoms with Crippen LogP contribution in [0.1, 0.15) is 10.4 Å². The molecular weight excluding hydrogens is 432 g/mol. The zero-order valence-corrected chi connectivity index (χ0v) is 18.6. The number of fused-ring (bicyclic) bond motifs is 5. The average Bonchev–Trinajstić information content (AvgIpc) is 3.30. The highest BCUT2D eigenvalue weighted by molar-refractivity contribution is 6.52. The quantitative estimate of drug-likeness (QED) is 0.375. The van der Waals surface area contributed by atoms with Gasteiger partial charge in [0.15, 0.2) is 5.65 Å². The second-order valence-corrected chi connectivity index (χ2v) is 8.09. The third-order valence-corrected chi connectivity index (χ3v) is 6.28. The molecule has 0 saturated heterocycles. The number of amides is 1. The maximum Gasteiger partial charge on any atom is 0.299 e. The molecule has 1 aliphatic rings. The van der Waals surface area contributed by atoms with Crippen LogP contribution in [0.15, 0.2) is 60.7 Å². The summed E-state index contributed by atoms with van der Waals surface area (Å²) in [7, 11) is 3.16. The van der Waals surface area contributed by atoms with Crippen LogP contribution in [-0.4, -0.2) is 47.0 Å². The highest BCUT2D eigenvalue weighted by Gasteiger charge is 2.36. The number of para-hydroxylation sites is 2. The molecule has 0 atom stereocenters. The lowest BCUT2D eigenvalue weighted by atomic mass is 10.1. The van der Waals surface area contributed by atoms with E-state index < -0.39 is 11.7 Å². The second kappa shape index (κ2) is 7.55. The number of aromatic nitrogens is 3. The van der Waals surface area contributed by atoms with Crippen LogP contribution in [0, 0.1) is 0 Å². The van der Waals surface area contributed by atoms with Crippen molar-refractivity contribution in [3.05, 3.63) is 66.2 Å². The fraction of sp³-hybridized carbons (Fsp3) is 0.154. The van der Waals surface area contributed by atoms with Gasteiger partial charge in [0, 0.05) is 18.5 Å². The van der Waals surface area contributed by atoms with E-state index >= 15 is 0 Å². The standard InChI is InChI=1S/C26H20N4O4/c1-33-15-7-9-21-17(13-15)23-25(28-20-6-4-3-5-19(20)27-23)29(21)11-12-30-22-10-8-16(34-2)14-18(22)24(31)26(30)32/h3-10,13-14H,11-12H2,1-2H3. The highest BCUT2D eigenvalue weighted by atomic mass is 16.5. The minimum Gasteiger partial charge on any atom is -0.497 e. The molecule has 0 bridgehead atoms. The van der Waals surface area contributed by atoms with Crippen molar-refractivity contribution in [1.29, 1.82) is 0 Å². The molecule has 0 N–H and O–H groups in total. The Morgan fingerprint density at radius 1 is 0.824 bits per heavy atom. The van der Waals surface area contributed by atoms with Gasteiger partial charge in [0.25, 0.3) is 11.7 Å².